The molecule has 1 nitrogen and oxygen atoms in total. The predicted octanol–water partition coefficient (Wildman–Crippen LogP) is 5.13. The summed E-state index contributed by atoms with van der Waals surface area (Å²) in [4.78, 5) is 12.8. The monoisotopic (exact) mass is 302 g/mol. The van der Waals surface area contributed by atoms with Gasteiger partial charge >= 0.3 is 0 Å². The van der Waals surface area contributed by atoms with Gasteiger partial charge < -0.3 is 0 Å². The minimum absolute atomic E-state index is 0.275. The molecule has 0 saturated carbocycles. The van der Waals surface area contributed by atoms with Crippen LogP contribution >= 0.6 is 11.8 Å². The van der Waals surface area contributed by atoms with Gasteiger partial charge in [0.15, 0.2) is 5.78 Å². The molecule has 2 aliphatic heterocycles. The average molecular weight is 302 g/mol. The molecule has 0 spiro atoms. The van der Waals surface area contributed by atoms with Crippen molar-refractivity contribution in [3.63, 3.8) is 0 Å². The van der Waals surface area contributed by atoms with E-state index in [1.807, 2.05) is 0 Å². The molecule has 1 aromatic rings. The molecular weight excluding hydrogens is 276 g/mol. The van der Waals surface area contributed by atoms with Gasteiger partial charge in [-0.1, -0.05) is 44.5 Å². The van der Waals surface area contributed by atoms with Gasteiger partial charge in [-0.05, 0) is 43.6 Å². The number of carbonyl (C=O) groups excluding carboxylic acids is 1. The quantitative estimate of drug-likeness (QED) is 0.717. The van der Waals surface area contributed by atoms with Crippen LogP contribution in [0.25, 0.3) is 0 Å². The van der Waals surface area contributed by atoms with Crippen LogP contribution in [0.5, 0.6) is 0 Å². The summed E-state index contributed by atoms with van der Waals surface area (Å²) in [5.41, 5.74) is 2.27. The molecule has 2 fully saturated rings. The maximum Gasteiger partial charge on any atom is 0.166 e. The third-order valence-corrected chi connectivity index (χ3v) is 6.41. The van der Waals surface area contributed by atoms with Gasteiger partial charge in [-0.2, -0.15) is 11.8 Å². The van der Waals surface area contributed by atoms with E-state index in [1.165, 1.54) is 24.8 Å². The van der Waals surface area contributed by atoms with E-state index in [0.717, 1.165) is 35.3 Å². The zero-order valence-corrected chi connectivity index (χ0v) is 14.0. The molecule has 2 saturated heterocycles. The smallest absolute Gasteiger partial charge is 0.166 e. The summed E-state index contributed by atoms with van der Waals surface area (Å²) in [6, 6.07) is 8.40. The van der Waals surface area contributed by atoms with Crippen LogP contribution < -0.4 is 0 Å². The zero-order chi connectivity index (χ0) is 14.8. The lowest BCUT2D eigenvalue weighted by Gasteiger charge is -2.37. The molecular formula is C19H26OS. The number of fused-ring (bicyclic) bond motifs is 2. The van der Waals surface area contributed by atoms with Gasteiger partial charge in [-0.15, -0.1) is 0 Å². The van der Waals surface area contributed by atoms with Crippen LogP contribution in [0.15, 0.2) is 24.3 Å². The summed E-state index contributed by atoms with van der Waals surface area (Å²) in [5, 5.41) is 1.48. The van der Waals surface area contributed by atoms with E-state index >= 15 is 0 Å². The first-order valence-electron chi connectivity index (χ1n) is 8.40. The lowest BCUT2D eigenvalue weighted by molar-refractivity contribution is 0.0896. The van der Waals surface area contributed by atoms with Crippen molar-refractivity contribution in [2.24, 2.45) is 11.8 Å². The highest BCUT2D eigenvalue weighted by Gasteiger charge is 2.35. The Labute approximate surface area is 132 Å². The lowest BCUT2D eigenvalue weighted by Crippen LogP contribution is -2.32. The predicted molar refractivity (Wildman–Crippen MR) is 91.1 cm³/mol. The van der Waals surface area contributed by atoms with E-state index in [1.54, 1.807) is 0 Å². The van der Waals surface area contributed by atoms with Crippen molar-refractivity contribution < 1.29 is 4.79 Å². The molecule has 0 amide bonds. The second kappa shape index (κ2) is 6.56. The number of rotatable bonds is 4. The fraction of sp³-hybridized carbons (Fsp3) is 0.632. The molecule has 0 N–H and O–H groups in total. The second-order valence-electron chi connectivity index (χ2n) is 7.14. The summed E-state index contributed by atoms with van der Waals surface area (Å²) < 4.78 is 0. The maximum absolute atomic E-state index is 12.8. The van der Waals surface area contributed by atoms with E-state index in [0.29, 0.717) is 11.7 Å². The molecule has 2 unspecified atom stereocenters. The normalized spacial score (nSPS) is 28.6. The van der Waals surface area contributed by atoms with Crippen LogP contribution in [0.2, 0.25) is 0 Å². The van der Waals surface area contributed by atoms with Gasteiger partial charge in [0, 0.05) is 22.0 Å². The third-order valence-electron chi connectivity index (χ3n) is 4.79. The number of ketones is 1. The minimum Gasteiger partial charge on any atom is -0.294 e. The van der Waals surface area contributed by atoms with Gasteiger partial charge in [0.1, 0.15) is 0 Å². The highest BCUT2D eigenvalue weighted by Crippen LogP contribution is 2.44. The van der Waals surface area contributed by atoms with Crippen molar-refractivity contribution in [2.75, 3.05) is 0 Å². The van der Waals surface area contributed by atoms with Gasteiger partial charge in [-0.25, -0.2) is 0 Å². The van der Waals surface area contributed by atoms with Gasteiger partial charge in [0.25, 0.3) is 0 Å². The Balaban J connectivity index is 1.67. The molecule has 2 bridgehead atoms. The zero-order valence-electron chi connectivity index (χ0n) is 13.2. The first-order chi connectivity index (χ1) is 10.1. The average Bonchev–Trinajstić information content (AvgIpc) is 2.46. The van der Waals surface area contributed by atoms with Crippen LogP contribution in [-0.4, -0.2) is 16.3 Å². The Morgan fingerprint density at radius 2 is 1.76 bits per heavy atom. The van der Waals surface area contributed by atoms with Gasteiger partial charge in [0.05, 0.1) is 0 Å². The summed E-state index contributed by atoms with van der Waals surface area (Å²) in [7, 11) is 0. The number of hydrogen-bond acceptors (Lipinski definition) is 2. The Bertz CT molecular complexity index is 479. The largest absolute Gasteiger partial charge is 0.294 e. The Morgan fingerprint density at radius 1 is 1.14 bits per heavy atom. The van der Waals surface area contributed by atoms with E-state index in [4.69, 9.17) is 0 Å². The molecule has 0 aromatic heterocycles. The van der Waals surface area contributed by atoms with Crippen molar-refractivity contribution in [3.05, 3.63) is 35.4 Å². The minimum atomic E-state index is 0.275. The van der Waals surface area contributed by atoms with Crippen molar-refractivity contribution in [3.8, 4) is 0 Å². The lowest BCUT2D eigenvalue weighted by atomic mass is 9.84. The van der Waals surface area contributed by atoms with Crippen LogP contribution in [0, 0.1) is 11.8 Å². The van der Waals surface area contributed by atoms with Crippen molar-refractivity contribution >= 4 is 17.5 Å². The number of hydrogen-bond donors (Lipinski definition) is 0. The fourth-order valence-corrected chi connectivity index (χ4v) is 5.62. The van der Waals surface area contributed by atoms with E-state index in [9.17, 15) is 4.79 Å². The molecule has 0 radical (unpaired) electrons. The van der Waals surface area contributed by atoms with Crippen LogP contribution in [0.1, 0.15) is 61.9 Å². The summed E-state index contributed by atoms with van der Waals surface area (Å²) in [5.74, 6) is 1.34. The number of thioether (sulfide) groups is 1. The van der Waals surface area contributed by atoms with Crippen LogP contribution in [0.3, 0.4) is 0 Å². The molecule has 2 heteroatoms. The Morgan fingerprint density at radius 3 is 2.33 bits per heavy atom. The highest BCUT2D eigenvalue weighted by atomic mass is 32.2. The molecule has 21 heavy (non-hydrogen) atoms. The molecule has 2 heterocycles. The summed E-state index contributed by atoms with van der Waals surface area (Å²) in [6.45, 7) is 4.47. The van der Waals surface area contributed by atoms with E-state index in [2.05, 4.69) is 49.9 Å². The third kappa shape index (κ3) is 3.71. The first kappa shape index (κ1) is 15.1. The van der Waals surface area contributed by atoms with E-state index in [-0.39, 0.29) is 5.92 Å². The number of benzene rings is 1. The standard InChI is InChI=1S/C19H26OS/c1-13(2)10-14-6-8-15(9-7-14)19(20)16-11-17-4-3-5-18(12-16)21-17/h6-9,13,16-18H,3-5,10-12H2,1-2H3. The van der Waals surface area contributed by atoms with Crippen molar-refractivity contribution in [1.29, 1.82) is 0 Å². The number of carbonyl (C=O) groups is 1. The maximum atomic E-state index is 12.8. The SMILES string of the molecule is CC(C)Cc1ccc(C(=O)C2CC3CCCC(C2)S3)cc1. The number of Topliss-reactive ketones (excluding diaryl/α,β-unsaturated/α-hetero) is 1. The molecule has 2 atom stereocenters. The first-order valence-corrected chi connectivity index (χ1v) is 9.34. The molecule has 3 rings (SSSR count). The van der Waals surface area contributed by atoms with Crippen LogP contribution in [0.4, 0.5) is 0 Å². The summed E-state index contributed by atoms with van der Waals surface area (Å²) >= 11 is 2.15. The van der Waals surface area contributed by atoms with Gasteiger partial charge in [0.2, 0.25) is 0 Å². The van der Waals surface area contributed by atoms with Crippen molar-refractivity contribution in [1.82, 2.24) is 0 Å². The molecule has 2 aliphatic rings. The molecule has 0 aliphatic carbocycles. The molecule has 1 aromatic carbocycles. The van der Waals surface area contributed by atoms with Crippen LogP contribution in [-0.2, 0) is 6.42 Å². The topological polar surface area (TPSA) is 17.1 Å². The van der Waals surface area contributed by atoms with Gasteiger partial charge in [-0.3, -0.25) is 4.79 Å². The van der Waals surface area contributed by atoms with Crippen molar-refractivity contribution in [2.45, 2.75) is 62.9 Å². The Hall–Kier alpha value is -0.760. The molecule has 114 valence electrons. The summed E-state index contributed by atoms with van der Waals surface area (Å²) in [6.07, 6.45) is 7.31. The Kier molecular flexibility index (Phi) is 4.73. The fourth-order valence-electron chi connectivity index (χ4n) is 3.79. The second-order valence-corrected chi connectivity index (χ2v) is 8.74. The highest BCUT2D eigenvalue weighted by molar-refractivity contribution is 8.00. The van der Waals surface area contributed by atoms with E-state index < -0.39 is 0 Å².